The third-order valence-corrected chi connectivity index (χ3v) is 8.88. The van der Waals surface area contributed by atoms with Gasteiger partial charge in [0, 0.05) is 40.7 Å². The summed E-state index contributed by atoms with van der Waals surface area (Å²) in [6, 6.07) is 18.2. The van der Waals surface area contributed by atoms with Crippen molar-refractivity contribution < 1.29 is 19.3 Å². The predicted octanol–water partition coefficient (Wildman–Crippen LogP) is 3.92. The van der Waals surface area contributed by atoms with Gasteiger partial charge in [0.2, 0.25) is 5.91 Å². The Morgan fingerprint density at radius 3 is 2.55 bits per heavy atom. The molecule has 2 fully saturated rings. The number of hydrogen-bond donors (Lipinski definition) is 2. The minimum absolute atomic E-state index is 0.160. The molecule has 3 aromatic carbocycles. The Hall–Kier alpha value is -4.37. The molecule has 0 bridgehead atoms. The predicted molar refractivity (Wildman–Crippen MR) is 139 cm³/mol. The van der Waals surface area contributed by atoms with Gasteiger partial charge in [-0.25, -0.2) is 0 Å². The Morgan fingerprint density at radius 2 is 1.74 bits per heavy atom. The highest BCUT2D eigenvalue weighted by molar-refractivity contribution is 6.21. The van der Waals surface area contributed by atoms with Crippen molar-refractivity contribution in [3.05, 3.63) is 99.1 Å². The van der Waals surface area contributed by atoms with Gasteiger partial charge in [0.1, 0.15) is 11.0 Å². The summed E-state index contributed by atoms with van der Waals surface area (Å²) < 4.78 is 0. The second-order valence-corrected chi connectivity index (χ2v) is 10.6. The zero-order valence-corrected chi connectivity index (χ0v) is 20.6. The van der Waals surface area contributed by atoms with Crippen molar-refractivity contribution in [1.29, 1.82) is 0 Å². The molecule has 0 radical (unpaired) electrons. The molecule has 4 aliphatic heterocycles. The Kier molecular flexibility index (Phi) is 4.55. The number of anilines is 2. The molecule has 9 nitrogen and oxygen atoms in total. The summed E-state index contributed by atoms with van der Waals surface area (Å²) in [6.07, 6.45) is 1.39. The first kappa shape index (κ1) is 22.8. The fraction of sp³-hybridized carbons (Fsp3) is 0.276. The molecule has 4 atom stereocenters. The maximum atomic E-state index is 14.5. The summed E-state index contributed by atoms with van der Waals surface area (Å²) in [5.41, 5.74) is 0.375. The number of amides is 2. The number of non-ortho nitro benzene ring substituents is 1. The number of benzene rings is 3. The van der Waals surface area contributed by atoms with E-state index in [-0.39, 0.29) is 22.9 Å². The van der Waals surface area contributed by atoms with E-state index in [4.69, 9.17) is 0 Å². The van der Waals surface area contributed by atoms with E-state index in [0.29, 0.717) is 35.5 Å². The smallest absolute Gasteiger partial charge is 0.270 e. The van der Waals surface area contributed by atoms with E-state index in [1.807, 2.05) is 43.3 Å². The number of aryl methyl sites for hydroxylation is 1. The average molecular weight is 509 g/mol. The van der Waals surface area contributed by atoms with E-state index in [1.165, 1.54) is 18.2 Å². The van der Waals surface area contributed by atoms with E-state index in [2.05, 4.69) is 15.5 Å². The van der Waals surface area contributed by atoms with Gasteiger partial charge in [0.25, 0.3) is 11.6 Å². The molecule has 7 rings (SSSR count). The molecule has 4 heterocycles. The molecule has 38 heavy (non-hydrogen) atoms. The fourth-order valence-electron chi connectivity index (χ4n) is 7.64. The van der Waals surface area contributed by atoms with Crippen LogP contribution in [-0.2, 0) is 20.5 Å². The van der Waals surface area contributed by atoms with Gasteiger partial charge in [-0.15, -0.1) is 0 Å². The zero-order valence-electron chi connectivity index (χ0n) is 20.6. The van der Waals surface area contributed by atoms with Crippen molar-refractivity contribution in [2.75, 3.05) is 17.2 Å². The van der Waals surface area contributed by atoms with Crippen molar-refractivity contribution in [3.8, 4) is 0 Å². The number of nitrogens with zero attached hydrogens (tertiary/aromatic N) is 2. The number of nitro groups is 1. The minimum Gasteiger partial charge on any atom is -0.325 e. The molecule has 4 aliphatic rings. The highest BCUT2D eigenvalue weighted by Crippen LogP contribution is 2.67. The fourth-order valence-corrected chi connectivity index (χ4v) is 7.64. The summed E-state index contributed by atoms with van der Waals surface area (Å²) in [6.45, 7) is 2.48. The summed E-state index contributed by atoms with van der Waals surface area (Å²) >= 11 is 0. The third-order valence-electron chi connectivity index (χ3n) is 8.88. The van der Waals surface area contributed by atoms with E-state index in [9.17, 15) is 24.5 Å². The first-order chi connectivity index (χ1) is 18.3. The van der Waals surface area contributed by atoms with Crippen molar-refractivity contribution in [2.45, 2.75) is 36.8 Å². The SMILES string of the molecule is Cc1ccc2c(c1)[C@]1(C(=O)N2)N2CCC[C@@H]2[C@H](C(=O)c2cccc([N+](=O)[O-])c2)[C@@]12C(=O)Nc1ccccc12. The van der Waals surface area contributed by atoms with E-state index in [0.717, 1.165) is 12.0 Å². The largest absolute Gasteiger partial charge is 0.325 e. The van der Waals surface area contributed by atoms with Gasteiger partial charge in [0.05, 0.1) is 10.8 Å². The van der Waals surface area contributed by atoms with Crippen molar-refractivity contribution in [2.24, 2.45) is 5.92 Å². The molecule has 0 aromatic heterocycles. The summed E-state index contributed by atoms with van der Waals surface area (Å²) in [5, 5.41) is 17.6. The van der Waals surface area contributed by atoms with Crippen LogP contribution in [0.5, 0.6) is 0 Å². The van der Waals surface area contributed by atoms with Crippen LogP contribution in [0, 0.1) is 23.0 Å². The number of hydrogen-bond acceptors (Lipinski definition) is 6. The van der Waals surface area contributed by atoms with Crippen molar-refractivity contribution in [3.63, 3.8) is 0 Å². The second kappa shape index (κ2) is 7.58. The lowest BCUT2D eigenvalue weighted by Gasteiger charge is -2.43. The molecular weight excluding hydrogens is 484 g/mol. The van der Waals surface area contributed by atoms with Crippen LogP contribution in [0.3, 0.4) is 0 Å². The average Bonchev–Trinajstić information content (AvgIpc) is 3.62. The van der Waals surface area contributed by atoms with E-state index < -0.39 is 33.7 Å². The number of para-hydroxylation sites is 1. The Labute approximate surface area is 218 Å². The van der Waals surface area contributed by atoms with Gasteiger partial charge in [-0.2, -0.15) is 0 Å². The van der Waals surface area contributed by atoms with E-state index >= 15 is 0 Å². The van der Waals surface area contributed by atoms with E-state index in [1.54, 1.807) is 12.1 Å². The Bertz CT molecular complexity index is 1600. The highest BCUT2D eigenvalue weighted by Gasteiger charge is 2.81. The zero-order chi connectivity index (χ0) is 26.4. The Morgan fingerprint density at radius 1 is 0.974 bits per heavy atom. The topological polar surface area (TPSA) is 122 Å². The van der Waals surface area contributed by atoms with Crippen LogP contribution in [0.25, 0.3) is 0 Å². The number of ketones is 1. The normalized spacial score (nSPS) is 28.8. The minimum atomic E-state index is -1.57. The summed E-state index contributed by atoms with van der Waals surface area (Å²) in [7, 11) is 0. The summed E-state index contributed by atoms with van der Waals surface area (Å²) in [5.74, 6) is -2.04. The van der Waals surface area contributed by atoms with Crippen LogP contribution in [0.1, 0.15) is 39.9 Å². The standard InChI is InChI=1S/C29H24N4O5/c1-16-11-12-22-20(14-16)29(27(36)31-22)28(19-8-2-3-9-21(19)30-26(28)35)24(23-10-5-13-32(23)29)25(34)17-6-4-7-18(15-17)33(37)38/h2-4,6-9,11-12,14-15,23-24H,5,10,13H2,1H3,(H,30,35)(H,31,36)/t23-,24-,28+,29-/m1/s1. The van der Waals surface area contributed by atoms with Crippen LogP contribution >= 0.6 is 0 Å². The molecule has 9 heteroatoms. The van der Waals surface area contributed by atoms with Gasteiger partial charge in [-0.05, 0) is 44.0 Å². The monoisotopic (exact) mass is 508 g/mol. The molecule has 0 aliphatic carbocycles. The molecule has 2 spiro atoms. The lowest BCUT2D eigenvalue weighted by molar-refractivity contribution is -0.384. The molecule has 2 amide bonds. The number of nitrogens with one attached hydrogen (secondary N) is 2. The quantitative estimate of drug-likeness (QED) is 0.314. The van der Waals surface area contributed by atoms with Gasteiger partial charge in [-0.1, -0.05) is 48.0 Å². The van der Waals surface area contributed by atoms with Gasteiger partial charge < -0.3 is 10.6 Å². The van der Waals surface area contributed by atoms with Crippen LogP contribution in [-0.4, -0.2) is 40.0 Å². The van der Waals surface area contributed by atoms with Crippen molar-refractivity contribution >= 4 is 34.7 Å². The molecule has 2 N–H and O–H groups in total. The Balaban J connectivity index is 1.57. The number of carbonyl (C=O) groups is 3. The molecule has 0 saturated carbocycles. The number of nitro benzene ring substituents is 1. The first-order valence-corrected chi connectivity index (χ1v) is 12.7. The molecular formula is C29H24N4O5. The van der Waals surface area contributed by atoms with Crippen LogP contribution in [0.4, 0.5) is 17.1 Å². The molecule has 190 valence electrons. The van der Waals surface area contributed by atoms with Gasteiger partial charge in [-0.3, -0.25) is 29.4 Å². The number of Topliss-reactive ketones (excluding diaryl/α,β-unsaturated/α-hetero) is 1. The first-order valence-electron chi connectivity index (χ1n) is 12.7. The molecule has 0 unspecified atom stereocenters. The lowest BCUT2D eigenvalue weighted by Crippen LogP contribution is -2.62. The molecule has 3 aromatic rings. The van der Waals surface area contributed by atoms with Gasteiger partial charge >= 0.3 is 0 Å². The maximum absolute atomic E-state index is 14.5. The molecule has 2 saturated heterocycles. The van der Waals surface area contributed by atoms with Crippen LogP contribution in [0.2, 0.25) is 0 Å². The number of carbonyl (C=O) groups excluding carboxylic acids is 3. The van der Waals surface area contributed by atoms with Gasteiger partial charge in [0.15, 0.2) is 5.78 Å². The second-order valence-electron chi connectivity index (χ2n) is 10.6. The maximum Gasteiger partial charge on any atom is 0.270 e. The highest BCUT2D eigenvalue weighted by atomic mass is 16.6. The third kappa shape index (κ3) is 2.51. The van der Waals surface area contributed by atoms with Crippen LogP contribution < -0.4 is 10.6 Å². The number of rotatable bonds is 3. The van der Waals surface area contributed by atoms with Crippen molar-refractivity contribution in [1.82, 2.24) is 4.90 Å². The summed E-state index contributed by atoms with van der Waals surface area (Å²) in [4.78, 5) is 56.4. The number of fused-ring (bicyclic) bond motifs is 7. The lowest BCUT2D eigenvalue weighted by atomic mass is 9.57. The van der Waals surface area contributed by atoms with Crippen LogP contribution in [0.15, 0.2) is 66.7 Å².